The van der Waals surface area contributed by atoms with Crippen molar-refractivity contribution in [2.75, 3.05) is 12.0 Å². The van der Waals surface area contributed by atoms with Gasteiger partial charge in [0.2, 0.25) is 0 Å². The molecule has 6 heteroatoms. The van der Waals surface area contributed by atoms with Gasteiger partial charge in [-0.2, -0.15) is 0 Å². The van der Waals surface area contributed by atoms with E-state index in [0.29, 0.717) is 12.6 Å². The number of sulfone groups is 1. The fourth-order valence-electron chi connectivity index (χ4n) is 1.76. The van der Waals surface area contributed by atoms with Crippen molar-refractivity contribution < 1.29 is 8.42 Å². The van der Waals surface area contributed by atoms with Crippen molar-refractivity contribution in [3.63, 3.8) is 0 Å². The molecule has 0 aliphatic heterocycles. The van der Waals surface area contributed by atoms with Gasteiger partial charge in [-0.1, -0.05) is 0 Å². The van der Waals surface area contributed by atoms with Gasteiger partial charge < -0.3 is 9.88 Å². The zero-order valence-corrected chi connectivity index (χ0v) is 11.1. The van der Waals surface area contributed by atoms with E-state index in [-0.39, 0.29) is 5.75 Å². The summed E-state index contributed by atoms with van der Waals surface area (Å²) in [6.45, 7) is 3.17. The van der Waals surface area contributed by atoms with Crippen molar-refractivity contribution in [3.8, 4) is 0 Å². The number of rotatable bonds is 6. The summed E-state index contributed by atoms with van der Waals surface area (Å²) in [4.78, 5) is 4.24. The van der Waals surface area contributed by atoms with Crippen LogP contribution < -0.4 is 5.32 Å². The molecule has 0 aromatic carbocycles. The maximum atomic E-state index is 11.2. The summed E-state index contributed by atoms with van der Waals surface area (Å²) >= 11 is 0. The van der Waals surface area contributed by atoms with Gasteiger partial charge in [-0.15, -0.1) is 0 Å². The molecule has 1 aromatic heterocycles. The molecule has 0 spiro atoms. The average molecular weight is 257 g/mol. The van der Waals surface area contributed by atoms with Crippen LogP contribution in [0.4, 0.5) is 0 Å². The molecule has 5 nitrogen and oxygen atoms in total. The Morgan fingerprint density at radius 2 is 2.24 bits per heavy atom. The van der Waals surface area contributed by atoms with Crippen LogP contribution in [0.2, 0.25) is 0 Å². The highest BCUT2D eigenvalue weighted by atomic mass is 32.2. The van der Waals surface area contributed by atoms with Crippen LogP contribution in [0, 0.1) is 6.92 Å². The van der Waals surface area contributed by atoms with Gasteiger partial charge in [0.1, 0.15) is 15.7 Å². The number of nitrogens with one attached hydrogen (secondary N) is 1. The van der Waals surface area contributed by atoms with Crippen molar-refractivity contribution in [2.45, 2.75) is 38.9 Å². The molecule has 0 unspecified atom stereocenters. The number of hydrogen-bond donors (Lipinski definition) is 1. The first-order valence-electron chi connectivity index (χ1n) is 5.88. The van der Waals surface area contributed by atoms with Crippen LogP contribution in [0.1, 0.15) is 24.4 Å². The first-order chi connectivity index (χ1) is 7.96. The molecule has 1 heterocycles. The van der Waals surface area contributed by atoms with Crippen LogP contribution in [0.5, 0.6) is 0 Å². The molecule has 2 rings (SSSR count). The van der Waals surface area contributed by atoms with Crippen LogP contribution >= 0.6 is 0 Å². The summed E-state index contributed by atoms with van der Waals surface area (Å²) in [5.74, 6) is 1.04. The maximum absolute atomic E-state index is 11.2. The molecule has 1 saturated carbocycles. The van der Waals surface area contributed by atoms with Crippen molar-refractivity contribution in [3.05, 3.63) is 17.7 Å². The lowest BCUT2D eigenvalue weighted by atomic mass is 10.4. The molecule has 0 bridgehead atoms. The minimum Gasteiger partial charge on any atom is -0.330 e. The minimum absolute atomic E-state index is 0.167. The van der Waals surface area contributed by atoms with Gasteiger partial charge >= 0.3 is 0 Å². The molecule has 1 fully saturated rings. The molecule has 0 radical (unpaired) electrons. The Kier molecular flexibility index (Phi) is 3.53. The van der Waals surface area contributed by atoms with E-state index in [4.69, 9.17) is 0 Å². The molecule has 1 N–H and O–H groups in total. The van der Waals surface area contributed by atoms with Gasteiger partial charge in [-0.25, -0.2) is 13.4 Å². The predicted octanol–water partition coefficient (Wildman–Crippen LogP) is 0.488. The van der Waals surface area contributed by atoms with Gasteiger partial charge in [-0.3, -0.25) is 0 Å². The molecule has 0 atom stereocenters. The molecule has 96 valence electrons. The highest BCUT2D eigenvalue weighted by molar-refractivity contribution is 7.90. The summed E-state index contributed by atoms with van der Waals surface area (Å²) < 4.78 is 24.3. The standard InChI is InChI=1S/C11H19N3O2S/c1-9-12-7-11(8-13-10-3-4-10)14(9)5-6-17(2,15)16/h7,10,13H,3-6,8H2,1-2H3. The van der Waals surface area contributed by atoms with Crippen molar-refractivity contribution >= 4 is 9.84 Å². The Morgan fingerprint density at radius 1 is 1.53 bits per heavy atom. The average Bonchev–Trinajstić information content (AvgIpc) is 2.97. The lowest BCUT2D eigenvalue weighted by Crippen LogP contribution is -2.20. The van der Waals surface area contributed by atoms with Gasteiger partial charge in [0.25, 0.3) is 0 Å². The second-order valence-corrected chi connectivity index (χ2v) is 6.99. The van der Waals surface area contributed by atoms with E-state index in [2.05, 4.69) is 10.3 Å². The second kappa shape index (κ2) is 4.78. The van der Waals surface area contributed by atoms with E-state index in [1.54, 1.807) is 0 Å². The maximum Gasteiger partial charge on any atom is 0.149 e. The Labute approximate surface area is 102 Å². The van der Waals surface area contributed by atoms with Crippen LogP contribution in [0.3, 0.4) is 0 Å². The first-order valence-corrected chi connectivity index (χ1v) is 7.94. The van der Waals surface area contributed by atoms with Crippen molar-refractivity contribution in [2.24, 2.45) is 0 Å². The van der Waals surface area contributed by atoms with Gasteiger partial charge in [0.15, 0.2) is 0 Å². The van der Waals surface area contributed by atoms with E-state index in [9.17, 15) is 8.42 Å². The Bertz CT molecular complexity index is 489. The van der Waals surface area contributed by atoms with Crippen molar-refractivity contribution in [1.29, 1.82) is 0 Å². The third kappa shape index (κ3) is 3.81. The summed E-state index contributed by atoms with van der Waals surface area (Å²) in [7, 11) is -2.92. The summed E-state index contributed by atoms with van der Waals surface area (Å²) in [5, 5.41) is 3.41. The van der Waals surface area contributed by atoms with Gasteiger partial charge in [-0.05, 0) is 19.8 Å². The largest absolute Gasteiger partial charge is 0.330 e. The van der Waals surface area contributed by atoms with E-state index < -0.39 is 9.84 Å². The van der Waals surface area contributed by atoms with E-state index in [0.717, 1.165) is 18.1 Å². The predicted molar refractivity (Wildman–Crippen MR) is 66.5 cm³/mol. The van der Waals surface area contributed by atoms with E-state index >= 15 is 0 Å². The smallest absolute Gasteiger partial charge is 0.149 e. The topological polar surface area (TPSA) is 64.0 Å². The quantitative estimate of drug-likeness (QED) is 0.805. The monoisotopic (exact) mass is 257 g/mol. The lowest BCUT2D eigenvalue weighted by Gasteiger charge is -2.10. The number of nitrogens with zero attached hydrogens (tertiary/aromatic N) is 2. The normalized spacial score (nSPS) is 16.4. The Balaban J connectivity index is 2.00. The Hall–Kier alpha value is -0.880. The highest BCUT2D eigenvalue weighted by Crippen LogP contribution is 2.19. The Morgan fingerprint density at radius 3 is 2.82 bits per heavy atom. The summed E-state index contributed by atoms with van der Waals surface area (Å²) in [6.07, 6.45) is 5.58. The van der Waals surface area contributed by atoms with Crippen molar-refractivity contribution in [1.82, 2.24) is 14.9 Å². The fraction of sp³-hybridized carbons (Fsp3) is 0.727. The van der Waals surface area contributed by atoms with Crippen LogP contribution in [0.15, 0.2) is 6.20 Å². The summed E-state index contributed by atoms with van der Waals surface area (Å²) in [5.41, 5.74) is 1.07. The fourth-order valence-corrected chi connectivity index (χ4v) is 2.27. The third-order valence-corrected chi connectivity index (χ3v) is 3.90. The zero-order valence-electron chi connectivity index (χ0n) is 10.3. The number of hydrogen-bond acceptors (Lipinski definition) is 4. The van der Waals surface area contributed by atoms with Gasteiger partial charge in [0.05, 0.1) is 11.4 Å². The zero-order chi connectivity index (χ0) is 12.5. The van der Waals surface area contributed by atoms with Gasteiger partial charge in [0, 0.05) is 31.6 Å². The lowest BCUT2D eigenvalue weighted by molar-refractivity contribution is 0.583. The summed E-state index contributed by atoms with van der Waals surface area (Å²) in [6, 6.07) is 0.647. The minimum atomic E-state index is -2.92. The molecule has 17 heavy (non-hydrogen) atoms. The molecule has 1 aliphatic carbocycles. The van der Waals surface area contributed by atoms with E-state index in [1.165, 1.54) is 19.1 Å². The molecule has 0 amide bonds. The molecular formula is C11H19N3O2S. The molecule has 0 saturated heterocycles. The first kappa shape index (κ1) is 12.6. The third-order valence-electron chi connectivity index (χ3n) is 2.97. The van der Waals surface area contributed by atoms with Crippen LogP contribution in [-0.2, 0) is 22.9 Å². The second-order valence-electron chi connectivity index (χ2n) is 4.73. The molecule has 1 aliphatic rings. The van der Waals surface area contributed by atoms with Crippen LogP contribution in [0.25, 0.3) is 0 Å². The number of aromatic nitrogens is 2. The van der Waals surface area contributed by atoms with Crippen LogP contribution in [-0.4, -0.2) is 36.0 Å². The highest BCUT2D eigenvalue weighted by Gasteiger charge is 2.21. The number of aryl methyl sites for hydroxylation is 1. The number of imidazole rings is 1. The van der Waals surface area contributed by atoms with E-state index in [1.807, 2.05) is 17.7 Å². The SMILES string of the molecule is Cc1ncc(CNC2CC2)n1CCS(C)(=O)=O. The molecular weight excluding hydrogens is 238 g/mol. The molecule has 1 aromatic rings.